The summed E-state index contributed by atoms with van der Waals surface area (Å²) in [6, 6.07) is 13.0. The van der Waals surface area contributed by atoms with Crippen molar-refractivity contribution in [3.05, 3.63) is 81.6 Å². The highest BCUT2D eigenvalue weighted by molar-refractivity contribution is 6.43. The van der Waals surface area contributed by atoms with E-state index in [-0.39, 0.29) is 22.7 Å². The molecule has 4 nitrogen and oxygen atoms in total. The third-order valence-electron chi connectivity index (χ3n) is 4.16. The minimum absolute atomic E-state index is 0.107. The van der Waals surface area contributed by atoms with Crippen LogP contribution in [0.5, 0.6) is 0 Å². The Hall–Kier alpha value is -2.98. The number of nitrogens with zero attached hydrogens (tertiary/aromatic N) is 1. The summed E-state index contributed by atoms with van der Waals surface area (Å²) < 4.78 is 0. The first-order valence-electron chi connectivity index (χ1n) is 7.82. The number of ketones is 1. The smallest absolute Gasteiger partial charge is 0.191 e. The molecule has 0 spiro atoms. The molecule has 5 heteroatoms. The Labute approximate surface area is 148 Å². The van der Waals surface area contributed by atoms with Crippen molar-refractivity contribution in [2.24, 2.45) is 0 Å². The van der Waals surface area contributed by atoms with Gasteiger partial charge in [0, 0.05) is 29.8 Å². The molecule has 0 fully saturated rings. The summed E-state index contributed by atoms with van der Waals surface area (Å²) in [5.41, 5.74) is 3.65. The van der Waals surface area contributed by atoms with Crippen LogP contribution in [0.2, 0.25) is 0 Å². The molecular weight excluding hydrogens is 336 g/mol. The highest BCUT2D eigenvalue weighted by Gasteiger charge is 2.18. The van der Waals surface area contributed by atoms with E-state index in [2.05, 4.69) is 9.97 Å². The Balaban J connectivity index is 2.03. The summed E-state index contributed by atoms with van der Waals surface area (Å²) in [7, 11) is 0. The zero-order valence-corrected chi connectivity index (χ0v) is 13.9. The monoisotopic (exact) mass is 348 g/mol. The van der Waals surface area contributed by atoms with Crippen molar-refractivity contribution in [2.75, 3.05) is 0 Å². The fourth-order valence-electron chi connectivity index (χ4n) is 2.90. The highest BCUT2D eigenvalue weighted by Crippen LogP contribution is 2.33. The number of carbonyl (C=O) groups is 1. The summed E-state index contributed by atoms with van der Waals surface area (Å²) in [4.78, 5) is 31.6. The zero-order valence-electron chi connectivity index (χ0n) is 13.1. The van der Waals surface area contributed by atoms with Gasteiger partial charge in [0.15, 0.2) is 11.2 Å². The molecule has 3 aromatic rings. The molecule has 1 aliphatic rings. The van der Waals surface area contributed by atoms with Gasteiger partial charge in [0.2, 0.25) is 0 Å². The van der Waals surface area contributed by atoms with Gasteiger partial charge in [-0.15, -0.1) is 0 Å². The number of H-pyrrole nitrogens is 1. The SMILES string of the molecule is O=C1CC=C(c2cc3c(=O)cc[nH]c3nc2-c2ccccc2)C=C1Cl. The quantitative estimate of drug-likeness (QED) is 0.759. The van der Waals surface area contributed by atoms with Gasteiger partial charge in [0.1, 0.15) is 5.65 Å². The van der Waals surface area contributed by atoms with Crippen LogP contribution in [0, 0.1) is 0 Å². The van der Waals surface area contributed by atoms with Crippen LogP contribution in [0.4, 0.5) is 0 Å². The molecule has 2 heterocycles. The van der Waals surface area contributed by atoms with E-state index in [4.69, 9.17) is 11.6 Å². The molecule has 2 aromatic heterocycles. The molecule has 1 N–H and O–H groups in total. The molecule has 0 unspecified atom stereocenters. The maximum Gasteiger partial charge on any atom is 0.191 e. The van der Waals surface area contributed by atoms with E-state index < -0.39 is 0 Å². The van der Waals surface area contributed by atoms with Gasteiger partial charge >= 0.3 is 0 Å². The van der Waals surface area contributed by atoms with Crippen molar-refractivity contribution in [3.8, 4) is 11.3 Å². The van der Waals surface area contributed by atoms with Gasteiger partial charge in [0.25, 0.3) is 0 Å². The summed E-state index contributed by atoms with van der Waals surface area (Å²) in [6.45, 7) is 0. The van der Waals surface area contributed by atoms with E-state index in [9.17, 15) is 9.59 Å². The lowest BCUT2D eigenvalue weighted by molar-refractivity contribution is -0.114. The van der Waals surface area contributed by atoms with Crippen LogP contribution in [-0.4, -0.2) is 15.8 Å². The van der Waals surface area contributed by atoms with Gasteiger partial charge < -0.3 is 4.98 Å². The Morgan fingerprint density at radius 2 is 1.88 bits per heavy atom. The van der Waals surface area contributed by atoms with E-state index in [1.54, 1.807) is 12.3 Å². The predicted molar refractivity (Wildman–Crippen MR) is 99.3 cm³/mol. The number of allylic oxidation sites excluding steroid dienone is 4. The molecule has 1 aromatic carbocycles. The number of fused-ring (bicyclic) bond motifs is 1. The number of aromatic amines is 1. The van der Waals surface area contributed by atoms with E-state index in [0.29, 0.717) is 11.0 Å². The largest absolute Gasteiger partial charge is 0.346 e. The maximum absolute atomic E-state index is 12.2. The first-order valence-corrected chi connectivity index (χ1v) is 8.20. The highest BCUT2D eigenvalue weighted by atomic mass is 35.5. The Bertz CT molecular complexity index is 1110. The molecule has 122 valence electrons. The third kappa shape index (κ3) is 2.81. The normalized spacial score (nSPS) is 14.4. The van der Waals surface area contributed by atoms with E-state index in [1.165, 1.54) is 6.07 Å². The predicted octanol–water partition coefficient (Wildman–Crippen LogP) is 4.07. The van der Waals surface area contributed by atoms with Crippen molar-refractivity contribution >= 4 is 34.0 Å². The Morgan fingerprint density at radius 3 is 2.64 bits per heavy atom. The molecule has 4 rings (SSSR count). The van der Waals surface area contributed by atoms with Crippen molar-refractivity contribution < 1.29 is 4.79 Å². The number of nitrogens with one attached hydrogen (secondary N) is 1. The number of benzene rings is 1. The Kier molecular flexibility index (Phi) is 3.82. The van der Waals surface area contributed by atoms with E-state index in [1.807, 2.05) is 42.5 Å². The van der Waals surface area contributed by atoms with Crippen LogP contribution in [0.3, 0.4) is 0 Å². The minimum Gasteiger partial charge on any atom is -0.346 e. The topological polar surface area (TPSA) is 62.8 Å². The summed E-state index contributed by atoms with van der Waals surface area (Å²) >= 11 is 6.04. The zero-order chi connectivity index (χ0) is 17.4. The lowest BCUT2D eigenvalue weighted by Gasteiger charge is -2.14. The fraction of sp³-hybridized carbons (Fsp3) is 0.0500. The van der Waals surface area contributed by atoms with Crippen LogP contribution in [-0.2, 0) is 4.79 Å². The number of hydrogen-bond donors (Lipinski definition) is 1. The number of rotatable bonds is 2. The second-order valence-corrected chi connectivity index (χ2v) is 6.17. The lowest BCUT2D eigenvalue weighted by atomic mass is 9.94. The molecule has 0 aliphatic heterocycles. The van der Waals surface area contributed by atoms with Crippen LogP contribution in [0.1, 0.15) is 12.0 Å². The fourth-order valence-corrected chi connectivity index (χ4v) is 3.09. The van der Waals surface area contributed by atoms with Crippen molar-refractivity contribution in [2.45, 2.75) is 6.42 Å². The molecule has 1 aliphatic carbocycles. The second-order valence-electron chi connectivity index (χ2n) is 5.77. The molecule has 0 saturated heterocycles. The van der Waals surface area contributed by atoms with E-state index >= 15 is 0 Å². The van der Waals surface area contributed by atoms with Gasteiger partial charge in [-0.05, 0) is 17.7 Å². The van der Waals surface area contributed by atoms with Gasteiger partial charge in [-0.1, -0.05) is 48.0 Å². The van der Waals surface area contributed by atoms with Gasteiger partial charge in [-0.2, -0.15) is 0 Å². The molecule has 0 atom stereocenters. The third-order valence-corrected chi connectivity index (χ3v) is 4.48. The van der Waals surface area contributed by atoms with Crippen LogP contribution in [0.15, 0.2) is 70.6 Å². The number of carbonyl (C=O) groups excluding carboxylic acids is 1. The van der Waals surface area contributed by atoms with Gasteiger partial charge in [-0.25, -0.2) is 4.98 Å². The second kappa shape index (κ2) is 6.15. The Morgan fingerprint density at radius 1 is 1.08 bits per heavy atom. The van der Waals surface area contributed by atoms with Crippen molar-refractivity contribution in [1.29, 1.82) is 0 Å². The number of Topliss-reactive ketones (excluding diaryl/α,β-unsaturated/α-hetero) is 1. The molecule has 0 bridgehead atoms. The molecule has 0 amide bonds. The van der Waals surface area contributed by atoms with E-state index in [0.717, 1.165) is 22.4 Å². The van der Waals surface area contributed by atoms with Crippen molar-refractivity contribution in [3.63, 3.8) is 0 Å². The van der Waals surface area contributed by atoms with Crippen LogP contribution in [0.25, 0.3) is 27.9 Å². The molecular formula is C20H13ClN2O2. The average molecular weight is 349 g/mol. The van der Waals surface area contributed by atoms with Crippen molar-refractivity contribution in [1.82, 2.24) is 9.97 Å². The summed E-state index contributed by atoms with van der Waals surface area (Å²) in [5.74, 6) is -0.113. The summed E-state index contributed by atoms with van der Waals surface area (Å²) in [5, 5.41) is 0.693. The van der Waals surface area contributed by atoms with Crippen LogP contribution < -0.4 is 5.43 Å². The first-order chi connectivity index (χ1) is 12.1. The number of hydrogen-bond acceptors (Lipinski definition) is 3. The number of pyridine rings is 2. The average Bonchev–Trinajstić information content (AvgIpc) is 2.64. The maximum atomic E-state index is 12.2. The summed E-state index contributed by atoms with van der Waals surface area (Å²) in [6.07, 6.45) is 5.28. The lowest BCUT2D eigenvalue weighted by Crippen LogP contribution is -2.06. The number of halogens is 1. The number of aromatic nitrogens is 2. The molecule has 25 heavy (non-hydrogen) atoms. The van der Waals surface area contributed by atoms with Gasteiger partial charge in [0.05, 0.1) is 16.1 Å². The molecule has 0 saturated carbocycles. The molecule has 0 radical (unpaired) electrons. The first kappa shape index (κ1) is 15.5. The van der Waals surface area contributed by atoms with Crippen LogP contribution >= 0.6 is 11.6 Å². The van der Waals surface area contributed by atoms with Gasteiger partial charge in [-0.3, -0.25) is 9.59 Å². The minimum atomic E-state index is -0.113. The standard InChI is InChI=1S/C20H13ClN2O2/c21-16-10-13(6-7-18(16)25)14-11-15-17(24)8-9-22-20(15)23-19(14)12-4-2-1-3-5-12/h1-6,8-11H,7H2,(H,22,23,24).